The third kappa shape index (κ3) is 7.31. The molecule has 172 valence electrons. The van der Waals surface area contributed by atoms with E-state index in [2.05, 4.69) is 17.2 Å². The zero-order valence-corrected chi connectivity index (χ0v) is 18.7. The van der Waals surface area contributed by atoms with Gasteiger partial charge < -0.3 is 19.5 Å². The summed E-state index contributed by atoms with van der Waals surface area (Å²) in [6.45, 7) is 8.44. The number of carbonyl (C=O) groups excluding carboxylic acids is 2. The van der Waals surface area contributed by atoms with Gasteiger partial charge in [0, 0.05) is 5.57 Å². The van der Waals surface area contributed by atoms with E-state index in [-0.39, 0.29) is 28.6 Å². The predicted molar refractivity (Wildman–Crippen MR) is 119 cm³/mol. The Kier molecular flexibility index (Phi) is 10.2. The van der Waals surface area contributed by atoms with Gasteiger partial charge in [-0.05, 0) is 32.4 Å². The van der Waals surface area contributed by atoms with Gasteiger partial charge in [0.05, 0.1) is 30.8 Å². The van der Waals surface area contributed by atoms with Gasteiger partial charge in [0.2, 0.25) is 0 Å². The molecule has 0 bridgehead atoms. The summed E-state index contributed by atoms with van der Waals surface area (Å²) in [6, 6.07) is 2.52. The van der Waals surface area contributed by atoms with E-state index in [9.17, 15) is 19.7 Å². The van der Waals surface area contributed by atoms with Crippen LogP contribution in [0.4, 0.5) is 10.5 Å². The molecule has 10 nitrogen and oxygen atoms in total. The normalized spacial score (nSPS) is 10.5. The van der Waals surface area contributed by atoms with Gasteiger partial charge in [-0.2, -0.15) is 0 Å². The quantitative estimate of drug-likeness (QED) is 0.242. The maximum atomic E-state index is 12.4. The minimum Gasteiger partial charge on any atom is -0.493 e. The number of benzene rings is 1. The van der Waals surface area contributed by atoms with E-state index in [1.807, 2.05) is 13.8 Å². The van der Waals surface area contributed by atoms with Crippen molar-refractivity contribution in [3.63, 3.8) is 0 Å². The summed E-state index contributed by atoms with van der Waals surface area (Å²) in [7, 11) is 2.73. The largest absolute Gasteiger partial charge is 0.493 e. The number of amides is 2. The van der Waals surface area contributed by atoms with Crippen molar-refractivity contribution in [1.29, 1.82) is 0 Å². The van der Waals surface area contributed by atoms with Crippen LogP contribution in [0.3, 0.4) is 0 Å². The maximum absolute atomic E-state index is 12.4. The van der Waals surface area contributed by atoms with Crippen LogP contribution in [0.1, 0.15) is 26.3 Å². The molecule has 0 fully saturated rings. The Hall–Kier alpha value is -4.08. The van der Waals surface area contributed by atoms with Crippen LogP contribution in [0.25, 0.3) is 0 Å². The number of allylic oxidation sites excluding steroid dienone is 5. The van der Waals surface area contributed by atoms with Crippen LogP contribution in [-0.2, 0) is 16.1 Å². The van der Waals surface area contributed by atoms with Gasteiger partial charge in [0.1, 0.15) is 12.4 Å². The minimum atomic E-state index is -0.955. The Morgan fingerprint density at radius 3 is 2.16 bits per heavy atom. The topological polar surface area (TPSA) is 129 Å². The molecule has 0 unspecified atom stereocenters. The number of nitro benzene ring substituents is 1. The second kappa shape index (κ2) is 12.6. The molecule has 0 heterocycles. The Bertz CT molecular complexity index is 964. The van der Waals surface area contributed by atoms with E-state index in [4.69, 9.17) is 14.2 Å². The Morgan fingerprint density at radius 1 is 1.09 bits per heavy atom. The zero-order chi connectivity index (χ0) is 24.3. The minimum absolute atomic E-state index is 0.0959. The van der Waals surface area contributed by atoms with Gasteiger partial charge in [0.15, 0.2) is 11.5 Å². The molecule has 0 aliphatic carbocycles. The molecular formula is C22H27N3O7. The van der Waals surface area contributed by atoms with Crippen LogP contribution >= 0.6 is 0 Å². The highest BCUT2D eigenvalue weighted by Gasteiger charge is 2.21. The molecule has 0 spiro atoms. The van der Waals surface area contributed by atoms with Crippen molar-refractivity contribution >= 4 is 17.7 Å². The molecule has 0 aliphatic rings. The second-order valence-electron chi connectivity index (χ2n) is 6.31. The molecule has 0 saturated heterocycles. The molecule has 0 saturated carbocycles. The predicted octanol–water partition coefficient (Wildman–Crippen LogP) is 3.89. The Morgan fingerprint density at radius 2 is 1.66 bits per heavy atom. The molecule has 2 N–H and O–H groups in total. The number of hydrogen-bond acceptors (Lipinski definition) is 7. The average molecular weight is 445 g/mol. The van der Waals surface area contributed by atoms with Crippen LogP contribution in [0.2, 0.25) is 0 Å². The van der Waals surface area contributed by atoms with Crippen LogP contribution in [0.15, 0.2) is 60.0 Å². The number of nitrogens with zero attached hydrogens (tertiary/aromatic N) is 1. The maximum Gasteiger partial charge on any atom is 0.413 e. The van der Waals surface area contributed by atoms with Crippen molar-refractivity contribution in [3.8, 4) is 11.5 Å². The SMILES string of the molecule is C=C(NC(=O)OCc1cc(OC)c(OC)cc1[N+](=O)[O-])NC(=O)C(C)=C(/C=C/C)/C=C/C. The van der Waals surface area contributed by atoms with E-state index in [0.29, 0.717) is 11.1 Å². The fraction of sp³-hybridized carbons (Fsp3) is 0.273. The molecule has 2 amide bonds. The molecule has 0 atom stereocenters. The van der Waals surface area contributed by atoms with Gasteiger partial charge in [-0.15, -0.1) is 0 Å². The molecule has 1 aromatic rings. The number of ether oxygens (including phenoxy) is 3. The third-order valence-electron chi connectivity index (χ3n) is 4.12. The third-order valence-corrected chi connectivity index (χ3v) is 4.12. The van der Waals surface area contributed by atoms with Crippen molar-refractivity contribution in [2.75, 3.05) is 14.2 Å². The summed E-state index contributed by atoms with van der Waals surface area (Å²) in [5.74, 6) is -0.158. The van der Waals surface area contributed by atoms with E-state index >= 15 is 0 Å². The van der Waals surface area contributed by atoms with E-state index < -0.39 is 23.5 Å². The van der Waals surface area contributed by atoms with Crippen LogP contribution in [0, 0.1) is 10.1 Å². The number of nitrogens with one attached hydrogen (secondary N) is 2. The Balaban J connectivity index is 2.83. The summed E-state index contributed by atoms with van der Waals surface area (Å²) in [5.41, 5.74) is 0.907. The van der Waals surface area contributed by atoms with E-state index in [0.717, 1.165) is 0 Å². The van der Waals surface area contributed by atoms with E-state index in [1.165, 1.54) is 26.4 Å². The monoisotopic (exact) mass is 445 g/mol. The number of nitro groups is 1. The molecule has 1 rings (SSSR count). The molecule has 32 heavy (non-hydrogen) atoms. The van der Waals surface area contributed by atoms with Crippen LogP contribution < -0.4 is 20.1 Å². The summed E-state index contributed by atoms with van der Waals surface area (Å²) in [5, 5.41) is 16.0. The first kappa shape index (κ1) is 26.0. The number of alkyl carbamates (subject to hydrolysis) is 1. The van der Waals surface area contributed by atoms with E-state index in [1.54, 1.807) is 31.2 Å². The summed E-state index contributed by atoms with van der Waals surface area (Å²) >= 11 is 0. The smallest absolute Gasteiger partial charge is 0.413 e. The highest BCUT2D eigenvalue weighted by molar-refractivity contribution is 5.96. The van der Waals surface area contributed by atoms with Crippen molar-refractivity contribution in [2.24, 2.45) is 0 Å². The molecule has 0 radical (unpaired) electrons. The fourth-order valence-electron chi connectivity index (χ4n) is 2.56. The first-order valence-corrected chi connectivity index (χ1v) is 9.48. The van der Waals surface area contributed by atoms with Gasteiger partial charge >= 0.3 is 6.09 Å². The number of carbonyl (C=O) groups is 2. The summed E-state index contributed by atoms with van der Waals surface area (Å²) in [4.78, 5) is 35.1. The molecule has 0 aromatic heterocycles. The summed E-state index contributed by atoms with van der Waals surface area (Å²) in [6.07, 6.45) is 6.18. The van der Waals surface area contributed by atoms with Gasteiger partial charge in [0.25, 0.3) is 11.6 Å². The van der Waals surface area contributed by atoms with Crippen molar-refractivity contribution < 1.29 is 28.7 Å². The van der Waals surface area contributed by atoms with Crippen molar-refractivity contribution in [2.45, 2.75) is 27.4 Å². The average Bonchev–Trinajstić information content (AvgIpc) is 2.75. The molecule has 0 aliphatic heterocycles. The van der Waals surface area contributed by atoms with Gasteiger partial charge in [-0.1, -0.05) is 30.9 Å². The first-order valence-electron chi connectivity index (χ1n) is 9.48. The second-order valence-corrected chi connectivity index (χ2v) is 6.31. The van der Waals surface area contributed by atoms with Crippen molar-refractivity contribution in [3.05, 3.63) is 75.7 Å². The number of methoxy groups -OCH3 is 2. The zero-order valence-electron chi connectivity index (χ0n) is 18.7. The summed E-state index contributed by atoms with van der Waals surface area (Å²) < 4.78 is 15.2. The molecule has 1 aromatic carbocycles. The highest BCUT2D eigenvalue weighted by atomic mass is 16.6. The van der Waals surface area contributed by atoms with Gasteiger partial charge in [-0.25, -0.2) is 4.79 Å². The lowest BCUT2D eigenvalue weighted by atomic mass is 10.1. The number of hydrogen-bond donors (Lipinski definition) is 2. The molecular weight excluding hydrogens is 418 g/mol. The van der Waals surface area contributed by atoms with Crippen molar-refractivity contribution in [1.82, 2.24) is 10.6 Å². The lowest BCUT2D eigenvalue weighted by Gasteiger charge is -2.13. The van der Waals surface area contributed by atoms with Gasteiger partial charge in [-0.3, -0.25) is 20.2 Å². The lowest BCUT2D eigenvalue weighted by molar-refractivity contribution is -0.385. The number of rotatable bonds is 10. The lowest BCUT2D eigenvalue weighted by Crippen LogP contribution is -2.35. The fourth-order valence-corrected chi connectivity index (χ4v) is 2.56. The first-order chi connectivity index (χ1) is 15.2. The Labute approximate surface area is 186 Å². The van der Waals surface area contributed by atoms with Crippen LogP contribution in [0.5, 0.6) is 11.5 Å². The van der Waals surface area contributed by atoms with Crippen LogP contribution in [-0.4, -0.2) is 31.1 Å². The highest BCUT2D eigenvalue weighted by Crippen LogP contribution is 2.34. The molecule has 10 heteroatoms. The standard InChI is InChI=1S/C22H27N3O7/c1-7-9-16(10-8-2)14(3)21(26)23-15(4)24-22(27)32-13-17-11-19(30-5)20(31-6)12-18(17)25(28)29/h7-12H,4,13H2,1-3,5-6H3,(H,23,26)(H,24,27)/b9-7+,10-8+.